The molecular weight excluding hydrogens is 659 g/mol. The predicted octanol–water partition coefficient (Wildman–Crippen LogP) is 3.40. The molecule has 3 unspecified atom stereocenters. The van der Waals surface area contributed by atoms with Gasteiger partial charge in [0.05, 0.1) is 22.6 Å². The van der Waals surface area contributed by atoms with E-state index in [-0.39, 0.29) is 40.7 Å². The molecule has 1 aliphatic heterocycles. The number of fused-ring (bicyclic) bond motifs is 1. The second-order valence-electron chi connectivity index (χ2n) is 17.4. The van der Waals surface area contributed by atoms with E-state index in [1.165, 1.54) is 6.08 Å². The van der Waals surface area contributed by atoms with Crippen molar-refractivity contribution in [3.8, 4) is 0 Å². The summed E-state index contributed by atoms with van der Waals surface area (Å²) in [6.45, 7) is 13.7. The van der Waals surface area contributed by atoms with Crippen molar-refractivity contribution in [2.24, 2.45) is 28.6 Å². The summed E-state index contributed by atoms with van der Waals surface area (Å²) in [6.07, 6.45) is 10.5. The average Bonchev–Trinajstić information content (AvgIpc) is 3.72. The number of rotatable bonds is 14. The second kappa shape index (κ2) is 14.6. The molecule has 0 aromatic carbocycles. The van der Waals surface area contributed by atoms with Gasteiger partial charge >= 0.3 is 6.03 Å². The monoisotopic (exact) mass is 717 g/mol. The summed E-state index contributed by atoms with van der Waals surface area (Å²) >= 11 is 0. The van der Waals surface area contributed by atoms with Gasteiger partial charge in [-0.05, 0) is 60.7 Å². The number of Topliss-reactive ketones (excluding diaryl/α,β-unsaturated/α-hetero) is 1. The average molecular weight is 718 g/mol. The van der Waals surface area contributed by atoms with Crippen LogP contribution in [0.5, 0.6) is 0 Å². The first kappa shape index (κ1) is 38.3. The van der Waals surface area contributed by atoms with Crippen molar-refractivity contribution in [3.05, 3.63) is 12.7 Å². The smallest absolute Gasteiger partial charge is 0.315 e. The number of likely N-dealkylation sites (tertiary alicyclic amines) is 1. The fourth-order valence-corrected chi connectivity index (χ4v) is 11.3. The minimum atomic E-state index is -3.42. The Balaban J connectivity index is 1.33. The minimum Gasteiger partial charge on any atom is -0.346 e. The summed E-state index contributed by atoms with van der Waals surface area (Å²) in [5.41, 5.74) is -1.85. The Hall–Kier alpha value is -2.96. The summed E-state index contributed by atoms with van der Waals surface area (Å²) in [4.78, 5) is 69.7. The van der Waals surface area contributed by atoms with Crippen LogP contribution in [0, 0.1) is 28.6 Å². The van der Waals surface area contributed by atoms with Crippen LogP contribution in [-0.2, 0) is 29.0 Å². The summed E-state index contributed by atoms with van der Waals surface area (Å²) in [5.74, 6) is -2.30. The Labute approximate surface area is 298 Å². The zero-order chi connectivity index (χ0) is 36.6. The molecule has 5 aliphatic rings. The third-order valence-corrected chi connectivity index (χ3v) is 14.6. The molecule has 5 rings (SSSR count). The van der Waals surface area contributed by atoms with Gasteiger partial charge in [-0.1, -0.05) is 85.6 Å². The van der Waals surface area contributed by atoms with Gasteiger partial charge in [0.25, 0.3) is 5.91 Å². The van der Waals surface area contributed by atoms with E-state index >= 15 is 0 Å². The molecule has 5 amide bonds. The maximum Gasteiger partial charge on any atom is 0.315 e. The van der Waals surface area contributed by atoms with Crippen LogP contribution in [0.25, 0.3) is 0 Å². The molecule has 5 fully saturated rings. The van der Waals surface area contributed by atoms with Crippen molar-refractivity contribution < 1.29 is 32.4 Å². The van der Waals surface area contributed by atoms with E-state index in [0.717, 1.165) is 44.9 Å². The zero-order valence-corrected chi connectivity index (χ0v) is 31.5. The third-order valence-electron chi connectivity index (χ3n) is 12.2. The lowest BCUT2D eigenvalue weighted by molar-refractivity contribution is -0.145. The maximum atomic E-state index is 14.5. The first-order chi connectivity index (χ1) is 23.4. The fraction of sp³-hybridized carbons (Fsp3) is 0.811. The number of sulfone groups is 1. The summed E-state index contributed by atoms with van der Waals surface area (Å²) in [6, 6.07) is -3.48. The van der Waals surface area contributed by atoms with Crippen molar-refractivity contribution in [2.75, 3.05) is 18.8 Å². The molecule has 280 valence electrons. The molecule has 0 aromatic rings. The predicted molar refractivity (Wildman–Crippen MR) is 191 cm³/mol. The Kier molecular flexibility index (Phi) is 11.2. The summed E-state index contributed by atoms with van der Waals surface area (Å²) < 4.78 is 27.0. The fourth-order valence-electron chi connectivity index (χ4n) is 8.91. The lowest BCUT2D eigenvalue weighted by Crippen LogP contribution is -2.64. The van der Waals surface area contributed by atoms with E-state index in [2.05, 4.69) is 41.7 Å². The van der Waals surface area contributed by atoms with Crippen LogP contribution in [0.4, 0.5) is 4.79 Å². The number of nitrogens with one attached hydrogen (secondary N) is 4. The number of carbonyl (C=O) groups excluding carboxylic acids is 5. The highest BCUT2D eigenvalue weighted by Crippen LogP contribution is 2.65. The SMILES string of the molecule is C=CCNC(=O)C(=O)C(CC1CC1)NC(=O)[C@@H]1C2C(CN1C(=O)[C@@H](NC(=O)NC1(CS(=O)(=O)C3CCCC3)CCCCC1)C(C)(C)C)C2(C)C. The zero-order valence-electron chi connectivity index (χ0n) is 30.6. The number of carbonyl (C=O) groups is 5. The first-order valence-corrected chi connectivity index (χ1v) is 20.5. The number of urea groups is 1. The molecular formula is C37H59N5O7S. The Morgan fingerprint density at radius 1 is 0.940 bits per heavy atom. The maximum absolute atomic E-state index is 14.5. The number of nitrogens with zero attached hydrogens (tertiary/aromatic N) is 1. The van der Waals surface area contributed by atoms with E-state index in [1.807, 2.05) is 20.8 Å². The third kappa shape index (κ3) is 8.39. The van der Waals surface area contributed by atoms with Gasteiger partial charge in [-0.25, -0.2) is 13.2 Å². The van der Waals surface area contributed by atoms with Crippen LogP contribution >= 0.6 is 0 Å². The molecule has 0 spiro atoms. The lowest BCUT2D eigenvalue weighted by atomic mass is 9.83. The molecule has 1 saturated heterocycles. The Bertz CT molecular complexity index is 1450. The number of hydrogen-bond acceptors (Lipinski definition) is 7. The lowest BCUT2D eigenvalue weighted by Gasteiger charge is -2.41. The Morgan fingerprint density at radius 3 is 2.16 bits per heavy atom. The van der Waals surface area contributed by atoms with E-state index in [0.29, 0.717) is 38.6 Å². The number of piperidine rings is 1. The number of hydrogen-bond donors (Lipinski definition) is 4. The molecule has 1 heterocycles. The van der Waals surface area contributed by atoms with Gasteiger partial charge in [-0.15, -0.1) is 6.58 Å². The van der Waals surface area contributed by atoms with Gasteiger partial charge in [0, 0.05) is 13.1 Å². The van der Waals surface area contributed by atoms with Gasteiger partial charge in [0.2, 0.25) is 17.6 Å². The van der Waals surface area contributed by atoms with E-state index in [9.17, 15) is 32.4 Å². The van der Waals surface area contributed by atoms with E-state index < -0.39 is 68.5 Å². The van der Waals surface area contributed by atoms with Crippen LogP contribution in [0.2, 0.25) is 0 Å². The normalized spacial score (nSPS) is 27.0. The van der Waals surface area contributed by atoms with Crippen molar-refractivity contribution in [2.45, 2.75) is 141 Å². The molecule has 4 aliphatic carbocycles. The largest absolute Gasteiger partial charge is 0.346 e. The number of ketones is 1. The molecule has 12 nitrogen and oxygen atoms in total. The van der Waals surface area contributed by atoms with Crippen LogP contribution < -0.4 is 21.3 Å². The van der Waals surface area contributed by atoms with E-state index in [1.54, 1.807) is 4.90 Å². The first-order valence-electron chi connectivity index (χ1n) is 18.7. The topological polar surface area (TPSA) is 171 Å². The van der Waals surface area contributed by atoms with Crippen LogP contribution in [0.15, 0.2) is 12.7 Å². The molecule has 4 saturated carbocycles. The van der Waals surface area contributed by atoms with Crippen molar-refractivity contribution in [1.82, 2.24) is 26.2 Å². The minimum absolute atomic E-state index is 0.0661. The molecule has 4 N–H and O–H groups in total. The van der Waals surface area contributed by atoms with Gasteiger partial charge in [-0.3, -0.25) is 19.2 Å². The second-order valence-corrected chi connectivity index (χ2v) is 19.7. The quantitative estimate of drug-likeness (QED) is 0.158. The molecule has 0 bridgehead atoms. The highest BCUT2D eigenvalue weighted by atomic mass is 32.2. The highest BCUT2D eigenvalue weighted by molar-refractivity contribution is 7.92. The van der Waals surface area contributed by atoms with Gasteiger partial charge in [0.1, 0.15) is 12.1 Å². The molecule has 0 aromatic heterocycles. The van der Waals surface area contributed by atoms with E-state index in [4.69, 9.17) is 0 Å². The van der Waals surface area contributed by atoms with Crippen molar-refractivity contribution in [3.63, 3.8) is 0 Å². The van der Waals surface area contributed by atoms with Gasteiger partial charge < -0.3 is 26.2 Å². The van der Waals surface area contributed by atoms with Crippen LogP contribution in [-0.4, -0.2) is 90.6 Å². The van der Waals surface area contributed by atoms with Gasteiger partial charge in [0.15, 0.2) is 9.84 Å². The molecule has 0 radical (unpaired) electrons. The Morgan fingerprint density at radius 2 is 1.58 bits per heavy atom. The standard InChI is InChI=1S/C37H59N5O7S/c1-7-19-38-32(45)29(43)26(20-23-15-16-23)39-31(44)28-27-25(36(27,5)6)21-42(28)33(46)30(35(2,3)4)40-34(47)41-37(17-11-8-12-18-37)22-50(48,49)24-13-9-10-14-24/h7,23-28,30H,1,8-22H2,2-6H3,(H,38,45)(H,39,44)(H2,40,41,47)/t25?,26?,27?,28-,30+/m0/s1. The van der Waals surface area contributed by atoms with Crippen LogP contribution in [0.1, 0.15) is 112 Å². The summed E-state index contributed by atoms with van der Waals surface area (Å²) in [5, 5.41) is 11.0. The highest BCUT2D eigenvalue weighted by Gasteiger charge is 2.70. The van der Waals surface area contributed by atoms with Crippen LogP contribution in [0.3, 0.4) is 0 Å². The molecule has 13 heteroatoms. The number of amides is 5. The van der Waals surface area contributed by atoms with Crippen molar-refractivity contribution in [1.29, 1.82) is 0 Å². The summed E-state index contributed by atoms with van der Waals surface area (Å²) in [7, 11) is -3.42. The molecule has 5 atom stereocenters. The molecule has 50 heavy (non-hydrogen) atoms. The van der Waals surface area contributed by atoms with Crippen molar-refractivity contribution >= 4 is 39.4 Å². The van der Waals surface area contributed by atoms with Gasteiger partial charge in [-0.2, -0.15) is 0 Å².